The molecule has 1 aliphatic rings. The number of anilines is 1. The summed E-state index contributed by atoms with van der Waals surface area (Å²) in [7, 11) is 4.26. The van der Waals surface area contributed by atoms with Gasteiger partial charge in [-0.3, -0.25) is 4.79 Å². The maximum absolute atomic E-state index is 11.2. The Hall–Kier alpha value is -0.940. The highest BCUT2D eigenvalue weighted by Crippen LogP contribution is 2.26. The largest absolute Gasteiger partial charge is 0.348 e. The summed E-state index contributed by atoms with van der Waals surface area (Å²) in [6.45, 7) is 4.86. The lowest BCUT2D eigenvalue weighted by molar-refractivity contribution is 0.101. The van der Waals surface area contributed by atoms with Crippen LogP contribution in [0, 0.1) is 5.92 Å². The van der Waals surface area contributed by atoms with Crippen LogP contribution in [0.3, 0.4) is 0 Å². The molecule has 18 heavy (non-hydrogen) atoms. The molecule has 0 N–H and O–H groups in total. The van der Waals surface area contributed by atoms with Crippen molar-refractivity contribution in [1.29, 1.82) is 0 Å². The molecule has 0 radical (unpaired) electrons. The maximum atomic E-state index is 11.2. The number of carbonyl (C=O) groups is 1. The SMILES string of the molecule is CC(=O)c1csc(N2CCC(CN(C)C)CC2)n1. The lowest BCUT2D eigenvalue weighted by Crippen LogP contribution is -2.37. The molecule has 0 aliphatic carbocycles. The molecule has 1 fully saturated rings. The smallest absolute Gasteiger partial charge is 0.185 e. The standard InChI is InChI=1S/C13H21N3OS/c1-10(17)12-9-18-13(14-12)16-6-4-11(5-7-16)8-15(2)3/h9,11H,4-8H2,1-3H3. The zero-order valence-electron chi connectivity index (χ0n) is 11.3. The fourth-order valence-corrected chi connectivity index (χ4v) is 3.31. The molecule has 0 amide bonds. The van der Waals surface area contributed by atoms with Gasteiger partial charge in [-0.15, -0.1) is 11.3 Å². The number of Topliss-reactive ketones (excluding diaryl/α,β-unsaturated/α-hetero) is 1. The van der Waals surface area contributed by atoms with Gasteiger partial charge >= 0.3 is 0 Å². The minimum Gasteiger partial charge on any atom is -0.348 e. The van der Waals surface area contributed by atoms with E-state index in [1.54, 1.807) is 18.3 Å². The highest BCUT2D eigenvalue weighted by Gasteiger charge is 2.21. The van der Waals surface area contributed by atoms with Crippen LogP contribution in [0.2, 0.25) is 0 Å². The molecule has 0 spiro atoms. The Morgan fingerprint density at radius 1 is 1.50 bits per heavy atom. The van der Waals surface area contributed by atoms with Crippen LogP contribution in [0.4, 0.5) is 5.13 Å². The Morgan fingerprint density at radius 2 is 2.17 bits per heavy atom. The molecule has 4 nitrogen and oxygen atoms in total. The second-order valence-electron chi connectivity index (χ2n) is 5.26. The molecule has 2 rings (SSSR count). The summed E-state index contributed by atoms with van der Waals surface area (Å²) in [6.07, 6.45) is 2.43. The number of rotatable bonds is 4. The number of piperidine rings is 1. The van der Waals surface area contributed by atoms with Crippen molar-refractivity contribution in [1.82, 2.24) is 9.88 Å². The van der Waals surface area contributed by atoms with E-state index >= 15 is 0 Å². The van der Waals surface area contributed by atoms with Crippen molar-refractivity contribution in [2.24, 2.45) is 5.92 Å². The molecule has 1 aliphatic heterocycles. The molecule has 0 aromatic carbocycles. The zero-order valence-corrected chi connectivity index (χ0v) is 12.2. The molecule has 1 aromatic heterocycles. The van der Waals surface area contributed by atoms with Crippen molar-refractivity contribution in [3.8, 4) is 0 Å². The number of nitrogens with zero attached hydrogens (tertiary/aromatic N) is 3. The number of ketones is 1. The van der Waals surface area contributed by atoms with Gasteiger partial charge in [0.1, 0.15) is 5.69 Å². The monoisotopic (exact) mass is 267 g/mol. The van der Waals surface area contributed by atoms with Crippen LogP contribution in [0.1, 0.15) is 30.3 Å². The minimum atomic E-state index is 0.0555. The summed E-state index contributed by atoms with van der Waals surface area (Å²) in [5.41, 5.74) is 0.602. The Morgan fingerprint density at radius 3 is 2.67 bits per heavy atom. The third-order valence-corrected chi connectivity index (χ3v) is 4.26. The molecule has 1 aromatic rings. The van der Waals surface area contributed by atoms with Gasteiger partial charge < -0.3 is 9.80 Å². The summed E-state index contributed by atoms with van der Waals surface area (Å²) >= 11 is 1.58. The predicted molar refractivity (Wildman–Crippen MR) is 75.6 cm³/mol. The maximum Gasteiger partial charge on any atom is 0.185 e. The van der Waals surface area contributed by atoms with Crippen molar-refractivity contribution in [3.05, 3.63) is 11.1 Å². The van der Waals surface area contributed by atoms with E-state index in [4.69, 9.17) is 0 Å². The van der Waals surface area contributed by atoms with Crippen LogP contribution in [-0.2, 0) is 0 Å². The van der Waals surface area contributed by atoms with Gasteiger partial charge in [0.15, 0.2) is 10.9 Å². The van der Waals surface area contributed by atoms with Gasteiger partial charge in [-0.1, -0.05) is 0 Å². The zero-order chi connectivity index (χ0) is 13.1. The van der Waals surface area contributed by atoms with E-state index < -0.39 is 0 Å². The minimum absolute atomic E-state index is 0.0555. The summed E-state index contributed by atoms with van der Waals surface area (Å²) in [4.78, 5) is 20.2. The Labute approximate surface area is 113 Å². The predicted octanol–water partition coefficient (Wildman–Crippen LogP) is 2.12. The molecule has 1 saturated heterocycles. The van der Waals surface area contributed by atoms with Crippen molar-refractivity contribution < 1.29 is 4.79 Å². The molecule has 0 saturated carbocycles. The van der Waals surface area contributed by atoms with Crippen LogP contribution in [0.15, 0.2) is 5.38 Å². The lowest BCUT2D eigenvalue weighted by Gasteiger charge is -2.32. The quantitative estimate of drug-likeness (QED) is 0.783. The first kappa shape index (κ1) is 13.5. The van der Waals surface area contributed by atoms with E-state index in [0.29, 0.717) is 5.69 Å². The Kier molecular flexibility index (Phi) is 4.35. The molecule has 2 heterocycles. The first-order chi connectivity index (χ1) is 8.56. The van der Waals surface area contributed by atoms with E-state index in [0.717, 1.165) is 24.1 Å². The van der Waals surface area contributed by atoms with Crippen LogP contribution in [0.5, 0.6) is 0 Å². The van der Waals surface area contributed by atoms with Gasteiger partial charge in [0.05, 0.1) is 0 Å². The number of carbonyl (C=O) groups excluding carboxylic acids is 1. The summed E-state index contributed by atoms with van der Waals surface area (Å²) in [6, 6.07) is 0. The van der Waals surface area contributed by atoms with Crippen molar-refractivity contribution in [2.45, 2.75) is 19.8 Å². The van der Waals surface area contributed by atoms with E-state index in [1.807, 2.05) is 5.38 Å². The van der Waals surface area contributed by atoms with Gasteiger partial charge in [0.2, 0.25) is 0 Å². The molecule has 0 unspecified atom stereocenters. The number of hydrogen-bond acceptors (Lipinski definition) is 5. The second-order valence-corrected chi connectivity index (χ2v) is 6.10. The van der Waals surface area contributed by atoms with Crippen LogP contribution >= 0.6 is 11.3 Å². The van der Waals surface area contributed by atoms with Gasteiger partial charge in [-0.2, -0.15) is 0 Å². The lowest BCUT2D eigenvalue weighted by atomic mass is 9.97. The first-order valence-electron chi connectivity index (χ1n) is 6.42. The van der Waals surface area contributed by atoms with E-state index in [9.17, 15) is 4.79 Å². The fraction of sp³-hybridized carbons (Fsp3) is 0.692. The van der Waals surface area contributed by atoms with Crippen LogP contribution in [-0.4, -0.2) is 49.4 Å². The summed E-state index contributed by atoms with van der Waals surface area (Å²) < 4.78 is 0. The van der Waals surface area contributed by atoms with Gasteiger partial charge in [0.25, 0.3) is 0 Å². The van der Waals surface area contributed by atoms with Crippen LogP contribution in [0.25, 0.3) is 0 Å². The molecular formula is C13H21N3OS. The van der Waals surface area contributed by atoms with Crippen molar-refractivity contribution in [3.63, 3.8) is 0 Å². The topological polar surface area (TPSA) is 36.4 Å². The summed E-state index contributed by atoms with van der Waals surface area (Å²) in [5, 5.41) is 2.87. The normalized spacial score (nSPS) is 17.4. The van der Waals surface area contributed by atoms with Gasteiger partial charge in [0, 0.05) is 31.9 Å². The average molecular weight is 267 g/mol. The molecule has 5 heteroatoms. The third kappa shape index (κ3) is 3.29. The third-order valence-electron chi connectivity index (χ3n) is 3.36. The number of aromatic nitrogens is 1. The van der Waals surface area contributed by atoms with Crippen molar-refractivity contribution in [2.75, 3.05) is 38.6 Å². The molecular weight excluding hydrogens is 246 g/mol. The van der Waals surface area contributed by atoms with Gasteiger partial charge in [-0.05, 0) is 32.9 Å². The number of hydrogen-bond donors (Lipinski definition) is 0. The first-order valence-corrected chi connectivity index (χ1v) is 7.30. The highest BCUT2D eigenvalue weighted by molar-refractivity contribution is 7.13. The van der Waals surface area contributed by atoms with Gasteiger partial charge in [-0.25, -0.2) is 4.98 Å². The summed E-state index contributed by atoms with van der Waals surface area (Å²) in [5.74, 6) is 0.850. The Balaban J connectivity index is 1.90. The van der Waals surface area contributed by atoms with E-state index in [-0.39, 0.29) is 5.78 Å². The molecule has 0 atom stereocenters. The second kappa shape index (κ2) is 5.80. The van der Waals surface area contributed by atoms with E-state index in [1.165, 1.54) is 19.4 Å². The molecule has 100 valence electrons. The van der Waals surface area contributed by atoms with Crippen molar-refractivity contribution >= 4 is 22.3 Å². The number of thiazole rings is 1. The molecule has 0 bridgehead atoms. The van der Waals surface area contributed by atoms with E-state index in [2.05, 4.69) is 28.9 Å². The van der Waals surface area contributed by atoms with Crippen LogP contribution < -0.4 is 4.90 Å². The Bertz CT molecular complexity index is 408. The average Bonchev–Trinajstić information content (AvgIpc) is 2.78. The fourth-order valence-electron chi connectivity index (χ4n) is 2.39. The highest BCUT2D eigenvalue weighted by atomic mass is 32.1.